The third-order valence-corrected chi connectivity index (χ3v) is 5.41. The Morgan fingerprint density at radius 1 is 1.12 bits per heavy atom. The Kier molecular flexibility index (Phi) is 7.00. The van der Waals surface area contributed by atoms with Gasteiger partial charge in [0.05, 0.1) is 12.7 Å². The third-order valence-electron chi connectivity index (χ3n) is 5.41. The van der Waals surface area contributed by atoms with Crippen molar-refractivity contribution in [3.8, 4) is 5.75 Å². The predicted octanol–water partition coefficient (Wildman–Crippen LogP) is 1.98. The zero-order valence-corrected chi connectivity index (χ0v) is 18.4. The van der Waals surface area contributed by atoms with Gasteiger partial charge in [-0.1, -0.05) is 18.2 Å². The van der Waals surface area contributed by atoms with E-state index >= 15 is 0 Å². The molecule has 2 heterocycles. The fraction of sp³-hybridized carbons (Fsp3) is 0.250. The highest BCUT2D eigenvalue weighted by molar-refractivity contribution is 6.03. The van der Waals surface area contributed by atoms with Gasteiger partial charge in [0, 0.05) is 24.2 Å². The molecule has 1 aromatic heterocycles. The zero-order chi connectivity index (χ0) is 24.1. The molecule has 0 aliphatic carbocycles. The van der Waals surface area contributed by atoms with E-state index in [1.54, 1.807) is 54.6 Å². The van der Waals surface area contributed by atoms with E-state index in [2.05, 4.69) is 10.3 Å². The number of nitrogens with two attached hydrogens (primary N) is 1. The summed E-state index contributed by atoms with van der Waals surface area (Å²) in [6.45, 7) is -0.0596. The fourth-order valence-corrected chi connectivity index (χ4v) is 3.53. The molecule has 10 nitrogen and oxygen atoms in total. The maximum Gasteiger partial charge on any atom is 0.351 e. The quantitative estimate of drug-likeness (QED) is 0.507. The minimum absolute atomic E-state index is 0.0596. The zero-order valence-electron chi connectivity index (χ0n) is 18.4. The number of carbonyl (C=O) groups excluding carboxylic acids is 2. The van der Waals surface area contributed by atoms with Gasteiger partial charge in [-0.3, -0.25) is 9.36 Å². The summed E-state index contributed by atoms with van der Waals surface area (Å²) in [6.07, 6.45) is 0.566. The lowest BCUT2D eigenvalue weighted by molar-refractivity contribution is -0.0362. The van der Waals surface area contributed by atoms with Gasteiger partial charge in [-0.05, 0) is 42.5 Å². The number of aromatic nitrogens is 2. The van der Waals surface area contributed by atoms with Crippen LogP contribution in [0.2, 0.25) is 0 Å². The number of nitrogens with zero attached hydrogens (tertiary/aromatic N) is 2. The van der Waals surface area contributed by atoms with E-state index in [-0.39, 0.29) is 18.3 Å². The molecule has 1 saturated heterocycles. The van der Waals surface area contributed by atoms with Gasteiger partial charge in [-0.25, -0.2) is 9.59 Å². The predicted molar refractivity (Wildman–Crippen MR) is 123 cm³/mol. The van der Waals surface area contributed by atoms with Crippen molar-refractivity contribution in [1.29, 1.82) is 0 Å². The van der Waals surface area contributed by atoms with Gasteiger partial charge in [-0.2, -0.15) is 4.98 Å². The molecule has 1 fully saturated rings. The molecular weight excluding hydrogens is 440 g/mol. The van der Waals surface area contributed by atoms with Crippen LogP contribution in [0.4, 0.5) is 5.82 Å². The molecule has 0 spiro atoms. The smallest absolute Gasteiger partial charge is 0.351 e. The average Bonchev–Trinajstić information content (AvgIpc) is 3.23. The number of ether oxygens (including phenoxy) is 3. The molecule has 34 heavy (non-hydrogen) atoms. The van der Waals surface area contributed by atoms with E-state index < -0.39 is 30.0 Å². The molecule has 0 radical (unpaired) electrons. The molecule has 0 saturated carbocycles. The minimum atomic E-state index is -0.668. The Morgan fingerprint density at radius 3 is 2.53 bits per heavy atom. The van der Waals surface area contributed by atoms with Crippen LogP contribution in [0.5, 0.6) is 5.75 Å². The Labute approximate surface area is 195 Å². The first-order chi connectivity index (χ1) is 16.4. The van der Waals surface area contributed by atoms with Gasteiger partial charge < -0.3 is 25.3 Å². The third kappa shape index (κ3) is 5.30. The molecular formula is C24H24N4O6. The molecule has 1 aliphatic rings. The lowest BCUT2D eigenvalue weighted by Crippen LogP contribution is -2.34. The minimum Gasteiger partial charge on any atom is -0.497 e. The summed E-state index contributed by atoms with van der Waals surface area (Å²) in [4.78, 5) is 41.0. The van der Waals surface area contributed by atoms with Crippen molar-refractivity contribution >= 4 is 17.7 Å². The molecule has 3 aromatic rings. The van der Waals surface area contributed by atoms with E-state index in [0.717, 1.165) is 0 Å². The Balaban J connectivity index is 1.35. The van der Waals surface area contributed by atoms with Crippen molar-refractivity contribution in [3.63, 3.8) is 0 Å². The summed E-state index contributed by atoms with van der Waals surface area (Å²) in [6, 6.07) is 16.2. The van der Waals surface area contributed by atoms with Crippen molar-refractivity contribution in [3.05, 3.63) is 88.5 Å². The van der Waals surface area contributed by atoms with Crippen molar-refractivity contribution in [2.45, 2.75) is 24.8 Å². The maximum absolute atomic E-state index is 12.5. The van der Waals surface area contributed by atoms with E-state index in [0.29, 0.717) is 23.3 Å². The average molecular weight is 464 g/mol. The number of carbonyl (C=O) groups is 2. The number of hydrogen-bond donors (Lipinski definition) is 2. The standard InChI is InChI=1S/C24H24N4O6/c1-32-17-9-7-16(8-10-17)23(30)33-14-19-18(25)13-21(34-19)28-12-11-20(27-24(28)31)26-22(29)15-5-3-2-4-6-15/h2-12,18-19,21H,13-14,25H2,1H3,(H,26,27,29,31)/t18-,19-,21-/m1/s1. The number of hydrogen-bond acceptors (Lipinski definition) is 8. The molecule has 3 atom stereocenters. The number of anilines is 1. The van der Waals surface area contributed by atoms with Crippen LogP contribution < -0.4 is 21.5 Å². The molecule has 2 aromatic carbocycles. The van der Waals surface area contributed by atoms with Crippen LogP contribution in [-0.2, 0) is 9.47 Å². The van der Waals surface area contributed by atoms with E-state index in [4.69, 9.17) is 19.9 Å². The second-order valence-electron chi connectivity index (χ2n) is 7.68. The van der Waals surface area contributed by atoms with Crippen molar-refractivity contribution in [2.24, 2.45) is 5.73 Å². The first kappa shape index (κ1) is 23.1. The summed E-state index contributed by atoms with van der Waals surface area (Å²) in [5, 5.41) is 2.60. The van der Waals surface area contributed by atoms with Crippen molar-refractivity contribution in [1.82, 2.24) is 9.55 Å². The molecule has 1 amide bonds. The van der Waals surface area contributed by atoms with Crippen molar-refractivity contribution in [2.75, 3.05) is 19.0 Å². The van der Waals surface area contributed by atoms with Crippen LogP contribution in [0.25, 0.3) is 0 Å². The molecule has 4 rings (SSSR count). The van der Waals surface area contributed by atoms with Gasteiger partial charge in [0.15, 0.2) is 0 Å². The highest BCUT2D eigenvalue weighted by Crippen LogP contribution is 2.27. The van der Waals surface area contributed by atoms with Gasteiger partial charge in [0.2, 0.25) is 0 Å². The first-order valence-corrected chi connectivity index (χ1v) is 10.6. The van der Waals surface area contributed by atoms with E-state index in [9.17, 15) is 14.4 Å². The number of nitrogens with one attached hydrogen (secondary N) is 1. The van der Waals surface area contributed by atoms with Crippen LogP contribution in [-0.4, -0.2) is 47.3 Å². The highest BCUT2D eigenvalue weighted by atomic mass is 16.6. The second kappa shape index (κ2) is 10.3. The van der Waals surface area contributed by atoms with E-state index in [1.807, 2.05) is 0 Å². The molecule has 0 bridgehead atoms. The summed E-state index contributed by atoms with van der Waals surface area (Å²) < 4.78 is 17.6. The van der Waals surface area contributed by atoms with Crippen LogP contribution in [0.3, 0.4) is 0 Å². The van der Waals surface area contributed by atoms with E-state index in [1.165, 1.54) is 23.9 Å². The Hall–Kier alpha value is -4.02. The topological polar surface area (TPSA) is 135 Å². The molecule has 10 heteroatoms. The molecule has 1 aliphatic heterocycles. The lowest BCUT2D eigenvalue weighted by Gasteiger charge is -2.17. The summed E-state index contributed by atoms with van der Waals surface area (Å²) in [5.74, 6) is -0.130. The summed E-state index contributed by atoms with van der Waals surface area (Å²) in [5.41, 5.74) is 6.38. The van der Waals surface area contributed by atoms with Crippen molar-refractivity contribution < 1.29 is 23.8 Å². The monoisotopic (exact) mass is 464 g/mol. The SMILES string of the molecule is COc1ccc(C(=O)OC[C@H]2O[C@@H](n3ccc(NC(=O)c4ccccc4)nc3=O)C[C@H]2N)cc1. The van der Waals surface area contributed by atoms with Crippen LogP contribution in [0.15, 0.2) is 71.7 Å². The van der Waals surface area contributed by atoms with Crippen LogP contribution in [0.1, 0.15) is 33.4 Å². The van der Waals surface area contributed by atoms with Gasteiger partial charge in [0.25, 0.3) is 5.91 Å². The summed E-state index contributed by atoms with van der Waals surface area (Å²) in [7, 11) is 1.54. The number of esters is 1. The second-order valence-corrected chi connectivity index (χ2v) is 7.68. The number of amides is 1. The molecule has 176 valence electrons. The van der Waals surface area contributed by atoms with Crippen LogP contribution in [0, 0.1) is 0 Å². The maximum atomic E-state index is 12.5. The number of benzene rings is 2. The number of methoxy groups -OCH3 is 1. The highest BCUT2D eigenvalue weighted by Gasteiger charge is 2.35. The van der Waals surface area contributed by atoms with Gasteiger partial charge in [0.1, 0.15) is 30.5 Å². The Bertz CT molecular complexity index is 1210. The molecule has 3 N–H and O–H groups in total. The number of rotatable bonds is 7. The fourth-order valence-electron chi connectivity index (χ4n) is 3.53. The lowest BCUT2D eigenvalue weighted by atomic mass is 10.1. The Morgan fingerprint density at radius 2 is 1.85 bits per heavy atom. The molecule has 0 unspecified atom stereocenters. The summed E-state index contributed by atoms with van der Waals surface area (Å²) >= 11 is 0. The van der Waals surface area contributed by atoms with Gasteiger partial charge >= 0.3 is 11.7 Å². The van der Waals surface area contributed by atoms with Crippen LogP contribution >= 0.6 is 0 Å². The largest absolute Gasteiger partial charge is 0.497 e. The van der Waals surface area contributed by atoms with Gasteiger partial charge in [-0.15, -0.1) is 0 Å². The normalized spacial score (nSPS) is 19.4. The first-order valence-electron chi connectivity index (χ1n) is 10.6.